The summed E-state index contributed by atoms with van der Waals surface area (Å²) in [6, 6.07) is 7.11. The number of ether oxygens (including phenoxy) is 1. The van der Waals surface area contributed by atoms with Crippen LogP contribution < -0.4 is 5.32 Å². The first-order valence-corrected chi connectivity index (χ1v) is 4.89. The minimum Gasteiger partial charge on any atom is -0.508 e. The molecule has 1 aromatic rings. The van der Waals surface area contributed by atoms with Crippen molar-refractivity contribution in [3.05, 3.63) is 29.8 Å². The fourth-order valence-electron chi connectivity index (χ4n) is 1.55. The quantitative estimate of drug-likeness (QED) is 0.775. The predicted molar refractivity (Wildman–Crippen MR) is 61.2 cm³/mol. The molecular formula is C11H16ClNO2. The highest BCUT2D eigenvalue weighted by atomic mass is 35.5. The zero-order chi connectivity index (χ0) is 9.97. The van der Waals surface area contributed by atoms with Crippen LogP contribution in [0.2, 0.25) is 0 Å². The summed E-state index contributed by atoms with van der Waals surface area (Å²) in [4.78, 5) is 0. The zero-order valence-electron chi connectivity index (χ0n) is 8.64. The van der Waals surface area contributed by atoms with Crippen molar-refractivity contribution in [1.29, 1.82) is 0 Å². The lowest BCUT2D eigenvalue weighted by Gasteiger charge is -2.28. The summed E-state index contributed by atoms with van der Waals surface area (Å²) in [7, 11) is 0. The summed E-state index contributed by atoms with van der Waals surface area (Å²) in [6.45, 7) is 3.92. The molecule has 2 atom stereocenters. The van der Waals surface area contributed by atoms with Crippen molar-refractivity contribution >= 4 is 12.4 Å². The maximum absolute atomic E-state index is 9.14. The molecule has 4 heteroatoms. The Bertz CT molecular complexity index is 294. The standard InChI is InChI=1S/C11H15NO2.ClH/c1-8-6-12-11(14-7-8)9-2-4-10(13)5-3-9;/h2-5,8,11-13H,6-7H2,1H3;1H. The summed E-state index contributed by atoms with van der Waals surface area (Å²) in [5.74, 6) is 0.862. The number of phenolic OH excluding ortho intramolecular Hbond substituents is 1. The van der Waals surface area contributed by atoms with E-state index >= 15 is 0 Å². The van der Waals surface area contributed by atoms with Crippen molar-refractivity contribution in [2.45, 2.75) is 13.2 Å². The maximum atomic E-state index is 9.14. The normalized spacial score (nSPS) is 25.7. The van der Waals surface area contributed by atoms with E-state index in [9.17, 15) is 0 Å². The van der Waals surface area contributed by atoms with Crippen LogP contribution in [0.5, 0.6) is 5.75 Å². The number of hydrogen-bond acceptors (Lipinski definition) is 3. The molecule has 84 valence electrons. The van der Waals surface area contributed by atoms with Crippen LogP contribution in [-0.2, 0) is 4.74 Å². The number of rotatable bonds is 1. The Labute approximate surface area is 95.9 Å². The zero-order valence-corrected chi connectivity index (χ0v) is 9.46. The highest BCUT2D eigenvalue weighted by molar-refractivity contribution is 5.85. The monoisotopic (exact) mass is 229 g/mol. The van der Waals surface area contributed by atoms with Gasteiger partial charge in [0.2, 0.25) is 0 Å². The van der Waals surface area contributed by atoms with Gasteiger partial charge in [0.25, 0.3) is 0 Å². The Balaban J connectivity index is 0.00000112. The second-order valence-electron chi connectivity index (χ2n) is 3.82. The molecule has 0 spiro atoms. The molecule has 1 fully saturated rings. The number of benzene rings is 1. The Kier molecular flexibility index (Phi) is 4.39. The van der Waals surface area contributed by atoms with Gasteiger partial charge in [-0.1, -0.05) is 19.1 Å². The Morgan fingerprint density at radius 3 is 2.53 bits per heavy atom. The molecule has 1 aliphatic rings. The minimum absolute atomic E-state index is 0. The van der Waals surface area contributed by atoms with Gasteiger partial charge < -0.3 is 9.84 Å². The van der Waals surface area contributed by atoms with E-state index in [1.807, 2.05) is 12.1 Å². The average molecular weight is 230 g/mol. The smallest absolute Gasteiger partial charge is 0.134 e. The summed E-state index contributed by atoms with van der Waals surface area (Å²) in [5.41, 5.74) is 1.06. The molecule has 3 nitrogen and oxygen atoms in total. The van der Waals surface area contributed by atoms with Crippen LogP contribution in [0, 0.1) is 5.92 Å². The molecule has 1 aliphatic heterocycles. The molecule has 2 rings (SSSR count). The molecule has 0 aliphatic carbocycles. The lowest BCUT2D eigenvalue weighted by Crippen LogP contribution is -2.36. The topological polar surface area (TPSA) is 41.5 Å². The number of nitrogens with one attached hydrogen (secondary N) is 1. The number of aromatic hydroxyl groups is 1. The minimum atomic E-state index is -0.0215. The second-order valence-corrected chi connectivity index (χ2v) is 3.82. The molecule has 0 radical (unpaired) electrons. The van der Waals surface area contributed by atoms with E-state index in [0.29, 0.717) is 5.92 Å². The molecule has 2 N–H and O–H groups in total. The maximum Gasteiger partial charge on any atom is 0.134 e. The average Bonchev–Trinajstić information content (AvgIpc) is 2.21. The summed E-state index contributed by atoms with van der Waals surface area (Å²) >= 11 is 0. The second kappa shape index (κ2) is 5.35. The van der Waals surface area contributed by atoms with E-state index in [-0.39, 0.29) is 24.4 Å². The van der Waals surface area contributed by atoms with E-state index in [2.05, 4.69) is 12.2 Å². The van der Waals surface area contributed by atoms with Gasteiger partial charge in [-0.2, -0.15) is 0 Å². The van der Waals surface area contributed by atoms with Crippen LogP contribution in [0.1, 0.15) is 18.7 Å². The Morgan fingerprint density at radius 2 is 2.00 bits per heavy atom. The number of halogens is 1. The largest absolute Gasteiger partial charge is 0.508 e. The summed E-state index contributed by atoms with van der Waals surface area (Å²) in [5, 5.41) is 12.4. The molecule has 0 saturated carbocycles. The fourth-order valence-corrected chi connectivity index (χ4v) is 1.55. The van der Waals surface area contributed by atoms with E-state index in [1.54, 1.807) is 12.1 Å². The first kappa shape index (κ1) is 12.3. The van der Waals surface area contributed by atoms with Crippen LogP contribution in [0.4, 0.5) is 0 Å². The lowest BCUT2D eigenvalue weighted by molar-refractivity contribution is -0.0254. The van der Waals surface area contributed by atoms with Gasteiger partial charge in [0.15, 0.2) is 0 Å². The highest BCUT2D eigenvalue weighted by Gasteiger charge is 2.18. The van der Waals surface area contributed by atoms with Crippen LogP contribution in [-0.4, -0.2) is 18.3 Å². The van der Waals surface area contributed by atoms with Crippen LogP contribution >= 0.6 is 12.4 Å². The SMILES string of the molecule is CC1CNC(c2ccc(O)cc2)OC1.Cl. The Hall–Kier alpha value is -0.770. The van der Waals surface area contributed by atoms with Crippen molar-refractivity contribution in [2.24, 2.45) is 5.92 Å². The van der Waals surface area contributed by atoms with Crippen molar-refractivity contribution in [1.82, 2.24) is 5.32 Å². The number of phenols is 1. The van der Waals surface area contributed by atoms with Crippen molar-refractivity contribution in [3.63, 3.8) is 0 Å². The molecule has 0 aromatic heterocycles. The van der Waals surface area contributed by atoms with Gasteiger partial charge in [0.05, 0.1) is 6.61 Å². The van der Waals surface area contributed by atoms with Crippen LogP contribution in [0.15, 0.2) is 24.3 Å². The van der Waals surface area contributed by atoms with Crippen LogP contribution in [0.25, 0.3) is 0 Å². The first-order valence-electron chi connectivity index (χ1n) is 4.89. The molecule has 2 unspecified atom stereocenters. The van der Waals surface area contributed by atoms with Gasteiger partial charge in [0.1, 0.15) is 12.0 Å². The molecule has 0 bridgehead atoms. The molecule has 1 saturated heterocycles. The molecule has 1 heterocycles. The highest BCUT2D eigenvalue weighted by Crippen LogP contribution is 2.21. The molecule has 1 aromatic carbocycles. The fraction of sp³-hybridized carbons (Fsp3) is 0.455. The van der Waals surface area contributed by atoms with Gasteiger partial charge in [-0.05, 0) is 23.6 Å². The van der Waals surface area contributed by atoms with Gasteiger partial charge in [-0.3, -0.25) is 5.32 Å². The van der Waals surface area contributed by atoms with Crippen LogP contribution in [0.3, 0.4) is 0 Å². The predicted octanol–water partition coefficient (Wildman–Crippen LogP) is 2.07. The summed E-state index contributed by atoms with van der Waals surface area (Å²) in [6.07, 6.45) is -0.0215. The van der Waals surface area contributed by atoms with E-state index in [0.717, 1.165) is 18.7 Å². The first-order chi connectivity index (χ1) is 6.75. The molecular weight excluding hydrogens is 214 g/mol. The van der Waals surface area contributed by atoms with E-state index in [1.165, 1.54) is 0 Å². The molecule has 15 heavy (non-hydrogen) atoms. The third-order valence-electron chi connectivity index (χ3n) is 2.39. The van der Waals surface area contributed by atoms with Gasteiger partial charge in [0, 0.05) is 6.54 Å². The summed E-state index contributed by atoms with van der Waals surface area (Å²) < 4.78 is 5.62. The van der Waals surface area contributed by atoms with E-state index in [4.69, 9.17) is 9.84 Å². The molecule has 0 amide bonds. The van der Waals surface area contributed by atoms with Gasteiger partial charge in [-0.25, -0.2) is 0 Å². The lowest BCUT2D eigenvalue weighted by atomic mass is 10.1. The Morgan fingerprint density at radius 1 is 1.33 bits per heavy atom. The van der Waals surface area contributed by atoms with Crippen molar-refractivity contribution < 1.29 is 9.84 Å². The van der Waals surface area contributed by atoms with Crippen molar-refractivity contribution in [2.75, 3.05) is 13.2 Å². The third-order valence-corrected chi connectivity index (χ3v) is 2.39. The van der Waals surface area contributed by atoms with Crippen molar-refractivity contribution in [3.8, 4) is 5.75 Å². The van der Waals surface area contributed by atoms with Gasteiger partial charge in [-0.15, -0.1) is 12.4 Å². The number of hydrogen-bond donors (Lipinski definition) is 2. The third kappa shape index (κ3) is 3.09. The van der Waals surface area contributed by atoms with Gasteiger partial charge >= 0.3 is 0 Å². The van der Waals surface area contributed by atoms with E-state index < -0.39 is 0 Å².